The van der Waals surface area contributed by atoms with Crippen molar-refractivity contribution in [2.75, 3.05) is 25.0 Å². The number of nitrogens with one attached hydrogen (secondary N) is 1. The average Bonchev–Trinajstić information content (AvgIpc) is 2.55. The summed E-state index contributed by atoms with van der Waals surface area (Å²) in [6.45, 7) is 7.24. The lowest BCUT2D eigenvalue weighted by Gasteiger charge is -2.19. The van der Waals surface area contributed by atoms with Crippen molar-refractivity contribution in [3.8, 4) is 5.75 Å². The van der Waals surface area contributed by atoms with Crippen molar-refractivity contribution in [3.05, 3.63) is 54.1 Å². The van der Waals surface area contributed by atoms with Crippen LogP contribution in [0.1, 0.15) is 26.3 Å². The third-order valence-electron chi connectivity index (χ3n) is 3.69. The molecule has 0 spiro atoms. The first-order chi connectivity index (χ1) is 11.7. The zero-order chi connectivity index (χ0) is 18.5. The quantitative estimate of drug-likeness (QED) is 0.760. The van der Waals surface area contributed by atoms with Gasteiger partial charge in [-0.3, -0.25) is 4.72 Å². The molecule has 0 saturated heterocycles. The number of hydrogen-bond donors (Lipinski definition) is 1. The highest BCUT2D eigenvalue weighted by Crippen LogP contribution is 2.25. The molecule has 0 aromatic heterocycles. The lowest BCUT2D eigenvalue weighted by atomic mass is 9.87. The minimum atomic E-state index is -3.63. The van der Waals surface area contributed by atoms with E-state index >= 15 is 0 Å². The van der Waals surface area contributed by atoms with Crippen LogP contribution in [0.15, 0.2) is 53.4 Å². The maximum absolute atomic E-state index is 12.5. The summed E-state index contributed by atoms with van der Waals surface area (Å²) < 4.78 is 37.9. The smallest absolute Gasteiger partial charge is 0.261 e. The topological polar surface area (TPSA) is 64.6 Å². The molecular formula is C19H25NO4S. The highest BCUT2D eigenvalue weighted by atomic mass is 32.2. The number of benzene rings is 2. The summed E-state index contributed by atoms with van der Waals surface area (Å²) in [6.07, 6.45) is 0. The number of rotatable bonds is 7. The van der Waals surface area contributed by atoms with E-state index in [-0.39, 0.29) is 10.3 Å². The Morgan fingerprint density at radius 3 is 2.04 bits per heavy atom. The van der Waals surface area contributed by atoms with E-state index in [0.717, 1.165) is 5.56 Å². The van der Waals surface area contributed by atoms with Crippen LogP contribution in [-0.2, 0) is 20.2 Å². The van der Waals surface area contributed by atoms with Crippen molar-refractivity contribution < 1.29 is 17.9 Å². The van der Waals surface area contributed by atoms with Crippen molar-refractivity contribution in [3.63, 3.8) is 0 Å². The molecule has 0 aliphatic carbocycles. The molecule has 0 radical (unpaired) electrons. The van der Waals surface area contributed by atoms with Crippen LogP contribution >= 0.6 is 0 Å². The Hall–Kier alpha value is -2.05. The summed E-state index contributed by atoms with van der Waals surface area (Å²) in [5.74, 6) is 0.602. The van der Waals surface area contributed by atoms with E-state index in [4.69, 9.17) is 9.47 Å². The summed E-state index contributed by atoms with van der Waals surface area (Å²) >= 11 is 0. The zero-order valence-electron chi connectivity index (χ0n) is 15.1. The molecule has 136 valence electrons. The van der Waals surface area contributed by atoms with Gasteiger partial charge in [-0.2, -0.15) is 0 Å². The first kappa shape index (κ1) is 19.3. The first-order valence-corrected chi connectivity index (χ1v) is 9.56. The number of hydrogen-bond acceptors (Lipinski definition) is 4. The van der Waals surface area contributed by atoms with Gasteiger partial charge in [0.2, 0.25) is 0 Å². The largest absolute Gasteiger partial charge is 0.491 e. The number of anilines is 1. The Balaban J connectivity index is 2.08. The number of ether oxygens (including phenoxy) is 2. The van der Waals surface area contributed by atoms with Gasteiger partial charge in [0, 0.05) is 12.8 Å². The van der Waals surface area contributed by atoms with Crippen LogP contribution in [0.2, 0.25) is 0 Å². The van der Waals surface area contributed by atoms with Crippen molar-refractivity contribution in [1.82, 2.24) is 0 Å². The third-order valence-corrected chi connectivity index (χ3v) is 5.09. The second-order valence-electron chi connectivity index (χ2n) is 6.75. The Morgan fingerprint density at radius 1 is 0.920 bits per heavy atom. The van der Waals surface area contributed by atoms with Crippen LogP contribution in [0.25, 0.3) is 0 Å². The lowest BCUT2D eigenvalue weighted by Crippen LogP contribution is -2.14. The summed E-state index contributed by atoms with van der Waals surface area (Å²) in [4.78, 5) is 0.187. The molecule has 0 unspecified atom stereocenters. The van der Waals surface area contributed by atoms with Crippen LogP contribution in [-0.4, -0.2) is 28.7 Å². The Labute approximate surface area is 150 Å². The van der Waals surface area contributed by atoms with Gasteiger partial charge in [0.15, 0.2) is 0 Å². The van der Waals surface area contributed by atoms with Gasteiger partial charge < -0.3 is 9.47 Å². The molecule has 0 atom stereocenters. The number of sulfonamides is 1. The van der Waals surface area contributed by atoms with Gasteiger partial charge in [-0.15, -0.1) is 0 Å². The van der Waals surface area contributed by atoms with E-state index in [2.05, 4.69) is 25.5 Å². The van der Waals surface area contributed by atoms with Crippen molar-refractivity contribution in [2.24, 2.45) is 0 Å². The molecule has 0 heterocycles. The van der Waals surface area contributed by atoms with E-state index in [9.17, 15) is 8.42 Å². The maximum atomic E-state index is 12.5. The Kier molecular flexibility index (Phi) is 6.08. The number of methoxy groups -OCH3 is 1. The molecule has 0 bridgehead atoms. The standard InChI is InChI=1S/C19H25NO4S/c1-19(2,3)15-5-7-16(8-6-15)20-25(21,22)18-11-9-17(10-12-18)24-14-13-23-4/h5-12,20H,13-14H2,1-4H3. The molecule has 25 heavy (non-hydrogen) atoms. The predicted molar refractivity (Wildman–Crippen MR) is 99.8 cm³/mol. The van der Waals surface area contributed by atoms with Crippen molar-refractivity contribution >= 4 is 15.7 Å². The first-order valence-electron chi connectivity index (χ1n) is 8.07. The third kappa shape index (κ3) is 5.47. The fourth-order valence-corrected chi connectivity index (χ4v) is 3.27. The van der Waals surface area contributed by atoms with Gasteiger partial charge in [-0.1, -0.05) is 32.9 Å². The molecule has 2 rings (SSSR count). The van der Waals surface area contributed by atoms with Gasteiger partial charge in [0.05, 0.1) is 11.5 Å². The highest BCUT2D eigenvalue weighted by Gasteiger charge is 2.16. The van der Waals surface area contributed by atoms with Gasteiger partial charge in [-0.05, 0) is 47.4 Å². The minimum Gasteiger partial charge on any atom is -0.491 e. The average molecular weight is 363 g/mol. The SMILES string of the molecule is COCCOc1ccc(S(=O)(=O)Nc2ccc(C(C)(C)C)cc2)cc1. The molecule has 6 heteroatoms. The summed E-state index contributed by atoms with van der Waals surface area (Å²) in [6, 6.07) is 13.7. The summed E-state index contributed by atoms with van der Waals surface area (Å²) in [7, 11) is -2.04. The molecule has 1 N–H and O–H groups in total. The Bertz CT molecular complexity index is 776. The van der Waals surface area contributed by atoms with Crippen LogP contribution in [0, 0.1) is 0 Å². The second-order valence-corrected chi connectivity index (χ2v) is 8.43. The minimum absolute atomic E-state index is 0.0239. The van der Waals surface area contributed by atoms with Gasteiger partial charge >= 0.3 is 0 Å². The predicted octanol–water partition coefficient (Wildman–Crippen LogP) is 3.81. The van der Waals surface area contributed by atoms with Crippen molar-refractivity contribution in [1.29, 1.82) is 0 Å². The molecule has 5 nitrogen and oxygen atoms in total. The van der Waals surface area contributed by atoms with Gasteiger partial charge in [-0.25, -0.2) is 8.42 Å². The molecule has 0 fully saturated rings. The summed E-state index contributed by atoms with van der Waals surface area (Å²) in [5, 5.41) is 0. The maximum Gasteiger partial charge on any atom is 0.261 e. The summed E-state index contributed by atoms with van der Waals surface area (Å²) in [5.41, 5.74) is 1.71. The fourth-order valence-electron chi connectivity index (χ4n) is 2.21. The normalized spacial score (nSPS) is 12.0. The van der Waals surface area contributed by atoms with Crippen LogP contribution in [0.5, 0.6) is 5.75 Å². The zero-order valence-corrected chi connectivity index (χ0v) is 15.9. The fraction of sp³-hybridized carbons (Fsp3) is 0.368. The monoisotopic (exact) mass is 363 g/mol. The van der Waals surface area contributed by atoms with Crippen LogP contribution in [0.3, 0.4) is 0 Å². The van der Waals surface area contributed by atoms with E-state index in [1.54, 1.807) is 31.4 Å². The molecular weight excluding hydrogens is 338 g/mol. The molecule has 2 aromatic carbocycles. The second kappa shape index (κ2) is 7.89. The van der Waals surface area contributed by atoms with E-state index in [0.29, 0.717) is 24.7 Å². The molecule has 0 aliphatic rings. The van der Waals surface area contributed by atoms with Crippen LogP contribution in [0.4, 0.5) is 5.69 Å². The van der Waals surface area contributed by atoms with Gasteiger partial charge in [0.1, 0.15) is 12.4 Å². The highest BCUT2D eigenvalue weighted by molar-refractivity contribution is 7.92. The molecule has 0 amide bonds. The molecule has 2 aromatic rings. The van der Waals surface area contributed by atoms with Crippen molar-refractivity contribution in [2.45, 2.75) is 31.1 Å². The Morgan fingerprint density at radius 2 is 1.52 bits per heavy atom. The molecule has 0 aliphatic heterocycles. The van der Waals surface area contributed by atoms with E-state index < -0.39 is 10.0 Å². The van der Waals surface area contributed by atoms with Gasteiger partial charge in [0.25, 0.3) is 10.0 Å². The van der Waals surface area contributed by atoms with E-state index in [1.165, 1.54) is 12.1 Å². The van der Waals surface area contributed by atoms with E-state index in [1.807, 2.05) is 12.1 Å². The lowest BCUT2D eigenvalue weighted by molar-refractivity contribution is 0.146. The molecule has 0 saturated carbocycles. The van der Waals surface area contributed by atoms with Crippen LogP contribution < -0.4 is 9.46 Å².